The molecule has 2 atom stereocenters. The zero-order valence-electron chi connectivity index (χ0n) is 10.1. The Bertz CT molecular complexity index is 278. The van der Waals surface area contributed by atoms with E-state index in [0.29, 0.717) is 0 Å². The highest BCUT2D eigenvalue weighted by Crippen LogP contribution is 2.42. The van der Waals surface area contributed by atoms with Gasteiger partial charge in [-0.1, -0.05) is 0 Å². The summed E-state index contributed by atoms with van der Waals surface area (Å²) in [6, 6.07) is 0.0343. The molecule has 0 aromatic heterocycles. The summed E-state index contributed by atoms with van der Waals surface area (Å²) in [5.74, 6) is 0. The van der Waals surface area contributed by atoms with Gasteiger partial charge >= 0.3 is 6.18 Å². The summed E-state index contributed by atoms with van der Waals surface area (Å²) in [7, 11) is 0. The number of ether oxygens (including phenoxy) is 1. The lowest BCUT2D eigenvalue weighted by Crippen LogP contribution is -2.46. The molecule has 0 aliphatic carbocycles. The van der Waals surface area contributed by atoms with Crippen LogP contribution in [-0.2, 0) is 4.74 Å². The standard InChI is InChI=1S/C11H18F3NO2.ClH/c12-11(13,14)8-17-6-9-2-4-10(7-16)3-1-5-15(9)10;/h9,16H,1-8H2;1H/t9-,10-;/m0./s1. The van der Waals surface area contributed by atoms with Gasteiger partial charge < -0.3 is 9.84 Å². The van der Waals surface area contributed by atoms with Gasteiger partial charge in [0.2, 0.25) is 0 Å². The molecule has 0 radical (unpaired) electrons. The molecule has 0 aromatic rings. The number of aliphatic hydroxyl groups is 1. The van der Waals surface area contributed by atoms with Crippen molar-refractivity contribution in [2.24, 2.45) is 0 Å². The third kappa shape index (κ3) is 3.29. The molecule has 3 nitrogen and oxygen atoms in total. The Kier molecular flexibility index (Phi) is 5.29. The van der Waals surface area contributed by atoms with E-state index in [4.69, 9.17) is 4.74 Å². The average molecular weight is 290 g/mol. The summed E-state index contributed by atoms with van der Waals surface area (Å²) in [6.45, 7) is -0.103. The number of alkyl halides is 3. The van der Waals surface area contributed by atoms with Crippen molar-refractivity contribution in [2.45, 2.75) is 43.4 Å². The number of fused-ring (bicyclic) bond motifs is 1. The van der Waals surface area contributed by atoms with Gasteiger partial charge in [0.05, 0.1) is 13.2 Å². The minimum absolute atomic E-state index is 0. The molecule has 0 spiro atoms. The van der Waals surface area contributed by atoms with Gasteiger partial charge in [0.1, 0.15) is 6.61 Å². The first-order chi connectivity index (χ1) is 7.97. The van der Waals surface area contributed by atoms with E-state index in [1.807, 2.05) is 0 Å². The molecule has 2 rings (SSSR count). The van der Waals surface area contributed by atoms with Gasteiger partial charge in [0.25, 0.3) is 0 Å². The van der Waals surface area contributed by atoms with Crippen LogP contribution in [0.2, 0.25) is 0 Å². The van der Waals surface area contributed by atoms with E-state index in [-0.39, 0.29) is 37.2 Å². The predicted molar refractivity (Wildman–Crippen MR) is 62.9 cm³/mol. The topological polar surface area (TPSA) is 32.7 Å². The van der Waals surface area contributed by atoms with Gasteiger partial charge in [-0.25, -0.2) is 0 Å². The zero-order valence-corrected chi connectivity index (χ0v) is 10.9. The molecular weight excluding hydrogens is 271 g/mol. The maximum Gasteiger partial charge on any atom is 0.411 e. The molecule has 0 unspecified atom stereocenters. The molecule has 1 N–H and O–H groups in total. The lowest BCUT2D eigenvalue weighted by molar-refractivity contribution is -0.177. The average Bonchev–Trinajstić information content (AvgIpc) is 2.77. The number of halogens is 4. The Labute approximate surface area is 111 Å². The van der Waals surface area contributed by atoms with Crippen LogP contribution in [0.15, 0.2) is 0 Å². The second-order valence-electron chi connectivity index (χ2n) is 5.00. The van der Waals surface area contributed by atoms with Gasteiger partial charge in [0.15, 0.2) is 0 Å². The van der Waals surface area contributed by atoms with Crippen LogP contribution in [0.4, 0.5) is 13.2 Å². The summed E-state index contributed by atoms with van der Waals surface area (Å²) in [6.07, 6.45) is -0.616. The first-order valence-corrected chi connectivity index (χ1v) is 5.99. The van der Waals surface area contributed by atoms with E-state index in [0.717, 1.165) is 32.2 Å². The molecule has 0 aromatic carbocycles. The third-order valence-corrected chi connectivity index (χ3v) is 3.90. The second kappa shape index (κ2) is 5.94. The van der Waals surface area contributed by atoms with Crippen LogP contribution in [0.5, 0.6) is 0 Å². The van der Waals surface area contributed by atoms with E-state index >= 15 is 0 Å². The number of nitrogens with zero attached hydrogens (tertiary/aromatic N) is 1. The monoisotopic (exact) mass is 289 g/mol. The fourth-order valence-electron chi connectivity index (χ4n) is 3.12. The SMILES string of the molecule is Cl.OC[C@@]12CCCN1[C@H](COCC(F)(F)F)CC2. The Balaban J connectivity index is 0.00000162. The highest BCUT2D eigenvalue weighted by molar-refractivity contribution is 5.85. The lowest BCUT2D eigenvalue weighted by Gasteiger charge is -2.33. The van der Waals surface area contributed by atoms with E-state index in [1.54, 1.807) is 0 Å². The molecule has 108 valence electrons. The molecule has 2 fully saturated rings. The van der Waals surface area contributed by atoms with Crippen molar-refractivity contribution in [1.82, 2.24) is 4.90 Å². The Morgan fingerprint density at radius 3 is 2.67 bits per heavy atom. The largest absolute Gasteiger partial charge is 0.411 e. The number of rotatable bonds is 4. The fraction of sp³-hybridized carbons (Fsp3) is 1.00. The van der Waals surface area contributed by atoms with Gasteiger partial charge in [-0.2, -0.15) is 13.2 Å². The van der Waals surface area contributed by atoms with Crippen molar-refractivity contribution in [1.29, 1.82) is 0 Å². The second-order valence-corrected chi connectivity index (χ2v) is 5.00. The van der Waals surface area contributed by atoms with Crippen molar-refractivity contribution in [3.63, 3.8) is 0 Å². The van der Waals surface area contributed by atoms with Crippen LogP contribution in [0.3, 0.4) is 0 Å². The molecule has 2 saturated heterocycles. The summed E-state index contributed by atoms with van der Waals surface area (Å²) in [5, 5.41) is 9.44. The Hall–Kier alpha value is -0.0400. The molecule has 7 heteroatoms. The molecule has 18 heavy (non-hydrogen) atoms. The summed E-state index contributed by atoms with van der Waals surface area (Å²) >= 11 is 0. The van der Waals surface area contributed by atoms with Crippen LogP contribution in [0.25, 0.3) is 0 Å². The molecular formula is C11H19ClF3NO2. The first-order valence-electron chi connectivity index (χ1n) is 5.99. The predicted octanol–water partition coefficient (Wildman–Crippen LogP) is 1.98. The van der Waals surface area contributed by atoms with Gasteiger partial charge in [0, 0.05) is 11.6 Å². The minimum atomic E-state index is -4.25. The van der Waals surface area contributed by atoms with Gasteiger partial charge in [-0.05, 0) is 32.2 Å². The van der Waals surface area contributed by atoms with E-state index in [2.05, 4.69) is 4.90 Å². The number of aliphatic hydroxyl groups excluding tert-OH is 1. The summed E-state index contributed by atoms with van der Waals surface area (Å²) in [5.41, 5.74) is -0.174. The number of hydrogen-bond donors (Lipinski definition) is 1. The van der Waals surface area contributed by atoms with Crippen molar-refractivity contribution >= 4 is 12.4 Å². The van der Waals surface area contributed by atoms with Crippen molar-refractivity contribution in [2.75, 3.05) is 26.4 Å². The lowest BCUT2D eigenvalue weighted by atomic mass is 9.95. The summed E-state index contributed by atoms with van der Waals surface area (Å²) in [4.78, 5) is 2.14. The van der Waals surface area contributed by atoms with Crippen LogP contribution < -0.4 is 0 Å². The molecule has 0 bridgehead atoms. The Morgan fingerprint density at radius 1 is 1.33 bits per heavy atom. The van der Waals surface area contributed by atoms with Crippen LogP contribution >= 0.6 is 12.4 Å². The highest BCUT2D eigenvalue weighted by Gasteiger charge is 2.48. The van der Waals surface area contributed by atoms with Crippen LogP contribution in [0.1, 0.15) is 25.7 Å². The zero-order chi connectivity index (χ0) is 12.5. The quantitative estimate of drug-likeness (QED) is 0.859. The fourth-order valence-corrected chi connectivity index (χ4v) is 3.12. The molecule has 2 aliphatic rings. The smallest absolute Gasteiger partial charge is 0.394 e. The minimum Gasteiger partial charge on any atom is -0.394 e. The van der Waals surface area contributed by atoms with E-state index in [1.165, 1.54) is 0 Å². The van der Waals surface area contributed by atoms with Crippen molar-refractivity contribution < 1.29 is 23.0 Å². The van der Waals surface area contributed by atoms with Crippen molar-refractivity contribution in [3.8, 4) is 0 Å². The third-order valence-electron chi connectivity index (χ3n) is 3.90. The maximum atomic E-state index is 12.0. The molecule has 2 aliphatic heterocycles. The van der Waals surface area contributed by atoms with E-state index in [9.17, 15) is 18.3 Å². The maximum absolute atomic E-state index is 12.0. The number of hydrogen-bond acceptors (Lipinski definition) is 3. The highest BCUT2D eigenvalue weighted by atomic mass is 35.5. The van der Waals surface area contributed by atoms with Crippen LogP contribution in [-0.4, -0.2) is 54.1 Å². The van der Waals surface area contributed by atoms with E-state index < -0.39 is 12.8 Å². The van der Waals surface area contributed by atoms with Crippen molar-refractivity contribution in [3.05, 3.63) is 0 Å². The molecule has 2 heterocycles. The van der Waals surface area contributed by atoms with Gasteiger partial charge in [-0.15, -0.1) is 12.4 Å². The molecule has 0 amide bonds. The first kappa shape index (κ1) is 16.0. The molecule has 0 saturated carbocycles. The normalized spacial score (nSPS) is 32.3. The summed E-state index contributed by atoms with van der Waals surface area (Å²) < 4.78 is 40.6. The van der Waals surface area contributed by atoms with Crippen LogP contribution in [0, 0.1) is 0 Å². The van der Waals surface area contributed by atoms with Gasteiger partial charge in [-0.3, -0.25) is 4.90 Å². The Morgan fingerprint density at radius 2 is 2.06 bits per heavy atom.